The number of benzene rings is 1. The van der Waals surface area contributed by atoms with Gasteiger partial charge in [-0.3, -0.25) is 4.79 Å². The Kier molecular flexibility index (Phi) is 4.52. The number of thiazole rings is 1. The van der Waals surface area contributed by atoms with Crippen molar-refractivity contribution in [2.24, 2.45) is 0 Å². The van der Waals surface area contributed by atoms with Crippen LogP contribution in [0.3, 0.4) is 0 Å². The van der Waals surface area contributed by atoms with E-state index in [4.69, 9.17) is 9.47 Å². The molecule has 6 heteroatoms. The normalized spacial score (nSPS) is 16.4. The molecule has 0 fully saturated rings. The van der Waals surface area contributed by atoms with Crippen LogP contribution in [0.25, 0.3) is 0 Å². The molecule has 0 bridgehead atoms. The molecule has 0 unspecified atom stereocenters. The zero-order valence-corrected chi connectivity index (χ0v) is 14.3. The molecule has 2 aromatic rings. The molecule has 1 amide bonds. The minimum atomic E-state index is -0.188. The average Bonchev–Trinajstić information content (AvgIpc) is 2.94. The highest BCUT2D eigenvalue weighted by Crippen LogP contribution is 2.30. The molecule has 1 aromatic carbocycles. The fraction of sp³-hybridized carbons (Fsp3) is 0.412. The van der Waals surface area contributed by atoms with Gasteiger partial charge in [0.1, 0.15) is 17.6 Å². The number of ether oxygens (including phenoxy) is 2. The lowest BCUT2D eigenvalue weighted by Crippen LogP contribution is -2.40. The summed E-state index contributed by atoms with van der Waals surface area (Å²) in [5.74, 6) is 1.69. The Balaban J connectivity index is 1.60. The molecule has 1 aliphatic heterocycles. The van der Waals surface area contributed by atoms with Gasteiger partial charge < -0.3 is 14.8 Å². The lowest BCUT2D eigenvalue weighted by Gasteiger charge is -2.26. The lowest BCUT2D eigenvalue weighted by atomic mass is 10.2. The molecule has 3 rings (SSSR count). The fourth-order valence-corrected chi connectivity index (χ4v) is 3.31. The maximum absolute atomic E-state index is 12.4. The number of fused-ring (bicyclic) bond motifs is 1. The largest absolute Gasteiger partial charge is 0.486 e. The zero-order chi connectivity index (χ0) is 16.4. The van der Waals surface area contributed by atoms with Crippen molar-refractivity contribution in [2.75, 3.05) is 13.2 Å². The number of para-hydroxylation sites is 2. The SMILES string of the molecule is Cc1nc(C(C)C)sc1C(=O)NC[C@@H]1COc2ccccc2O1. The van der Waals surface area contributed by atoms with Crippen LogP contribution in [0.15, 0.2) is 24.3 Å². The third-order valence-corrected chi connectivity index (χ3v) is 5.03. The van der Waals surface area contributed by atoms with Crippen LogP contribution in [0.4, 0.5) is 0 Å². The highest BCUT2D eigenvalue weighted by molar-refractivity contribution is 7.13. The second-order valence-corrected chi connectivity index (χ2v) is 6.86. The van der Waals surface area contributed by atoms with E-state index in [0.717, 1.165) is 16.5 Å². The first-order valence-corrected chi connectivity index (χ1v) is 8.50. The first kappa shape index (κ1) is 15.8. The second-order valence-electron chi connectivity index (χ2n) is 5.83. The topological polar surface area (TPSA) is 60.5 Å². The number of hydrogen-bond donors (Lipinski definition) is 1. The van der Waals surface area contributed by atoms with Crippen LogP contribution >= 0.6 is 11.3 Å². The fourth-order valence-electron chi connectivity index (χ4n) is 2.33. The Bertz CT molecular complexity index is 712. The number of carbonyl (C=O) groups is 1. The van der Waals surface area contributed by atoms with Crippen molar-refractivity contribution in [3.63, 3.8) is 0 Å². The van der Waals surface area contributed by atoms with E-state index in [1.54, 1.807) is 0 Å². The quantitative estimate of drug-likeness (QED) is 0.934. The van der Waals surface area contributed by atoms with Crippen LogP contribution in [0.5, 0.6) is 11.5 Å². The van der Waals surface area contributed by atoms with Gasteiger partial charge in [-0.2, -0.15) is 0 Å². The molecular weight excluding hydrogens is 312 g/mol. The van der Waals surface area contributed by atoms with E-state index in [9.17, 15) is 4.79 Å². The summed E-state index contributed by atoms with van der Waals surface area (Å²) >= 11 is 1.46. The number of carbonyl (C=O) groups excluding carboxylic acids is 1. The lowest BCUT2D eigenvalue weighted by molar-refractivity contribution is 0.0791. The highest BCUT2D eigenvalue weighted by Gasteiger charge is 2.22. The van der Waals surface area contributed by atoms with Crippen LogP contribution in [-0.4, -0.2) is 30.1 Å². The molecule has 0 saturated carbocycles. The molecule has 0 radical (unpaired) electrons. The summed E-state index contributed by atoms with van der Waals surface area (Å²) in [5, 5.41) is 3.90. The summed E-state index contributed by atoms with van der Waals surface area (Å²) in [5.41, 5.74) is 0.780. The van der Waals surface area contributed by atoms with Crippen molar-refractivity contribution in [3.8, 4) is 11.5 Å². The van der Waals surface area contributed by atoms with Gasteiger partial charge in [-0.05, 0) is 19.1 Å². The van der Waals surface area contributed by atoms with Gasteiger partial charge in [-0.15, -0.1) is 11.3 Å². The number of nitrogens with one attached hydrogen (secondary N) is 1. The number of nitrogens with zero attached hydrogens (tertiary/aromatic N) is 1. The standard InChI is InChI=1S/C17H20N2O3S/c1-10(2)17-19-11(3)15(23-17)16(20)18-8-12-9-21-13-6-4-5-7-14(13)22-12/h4-7,10,12H,8-9H2,1-3H3,(H,18,20)/t12-/m1/s1. The number of rotatable bonds is 4. The third-order valence-electron chi connectivity index (χ3n) is 3.57. The molecule has 0 saturated heterocycles. The summed E-state index contributed by atoms with van der Waals surface area (Å²) < 4.78 is 11.5. The van der Waals surface area contributed by atoms with E-state index >= 15 is 0 Å². The summed E-state index contributed by atoms with van der Waals surface area (Å²) in [6, 6.07) is 7.55. The predicted molar refractivity (Wildman–Crippen MR) is 89.6 cm³/mol. The van der Waals surface area contributed by atoms with Crippen LogP contribution in [0.2, 0.25) is 0 Å². The van der Waals surface area contributed by atoms with Crippen molar-refractivity contribution < 1.29 is 14.3 Å². The van der Waals surface area contributed by atoms with E-state index in [2.05, 4.69) is 24.1 Å². The van der Waals surface area contributed by atoms with Gasteiger partial charge >= 0.3 is 0 Å². The molecule has 23 heavy (non-hydrogen) atoms. The van der Waals surface area contributed by atoms with Gasteiger partial charge in [0.2, 0.25) is 0 Å². The summed E-state index contributed by atoms with van der Waals surface area (Å²) in [6.07, 6.45) is -0.188. The number of hydrogen-bond acceptors (Lipinski definition) is 5. The van der Waals surface area contributed by atoms with Crippen LogP contribution in [-0.2, 0) is 0 Å². The molecule has 1 aliphatic rings. The van der Waals surface area contributed by atoms with E-state index < -0.39 is 0 Å². The number of aryl methyl sites for hydroxylation is 1. The molecular formula is C17H20N2O3S. The molecule has 0 spiro atoms. The third kappa shape index (κ3) is 3.47. The van der Waals surface area contributed by atoms with Gasteiger partial charge in [0.25, 0.3) is 5.91 Å². The molecule has 0 aliphatic carbocycles. The highest BCUT2D eigenvalue weighted by atomic mass is 32.1. The first-order chi connectivity index (χ1) is 11.0. The van der Waals surface area contributed by atoms with Crippen LogP contribution < -0.4 is 14.8 Å². The van der Waals surface area contributed by atoms with Gasteiger partial charge in [-0.25, -0.2) is 4.98 Å². The Morgan fingerprint density at radius 2 is 2.13 bits per heavy atom. The average molecular weight is 332 g/mol. The van der Waals surface area contributed by atoms with Crippen molar-refractivity contribution in [2.45, 2.75) is 32.8 Å². The minimum absolute atomic E-state index is 0.102. The summed E-state index contributed by atoms with van der Waals surface area (Å²) in [7, 11) is 0. The van der Waals surface area contributed by atoms with E-state index in [1.165, 1.54) is 11.3 Å². The molecule has 2 heterocycles. The zero-order valence-electron chi connectivity index (χ0n) is 13.5. The second kappa shape index (κ2) is 6.58. The van der Waals surface area contributed by atoms with Crippen LogP contribution in [0, 0.1) is 6.92 Å². The molecule has 5 nitrogen and oxygen atoms in total. The van der Waals surface area contributed by atoms with Gasteiger partial charge in [-0.1, -0.05) is 26.0 Å². The van der Waals surface area contributed by atoms with Gasteiger partial charge in [0.15, 0.2) is 11.5 Å². The maximum atomic E-state index is 12.4. The Labute approximate surface area is 139 Å². The van der Waals surface area contributed by atoms with Gasteiger partial charge in [0, 0.05) is 5.92 Å². The molecule has 1 N–H and O–H groups in total. The molecule has 1 aromatic heterocycles. The molecule has 1 atom stereocenters. The van der Waals surface area contributed by atoms with E-state index in [1.807, 2.05) is 31.2 Å². The van der Waals surface area contributed by atoms with Crippen molar-refractivity contribution >= 4 is 17.2 Å². The van der Waals surface area contributed by atoms with E-state index in [-0.39, 0.29) is 12.0 Å². The minimum Gasteiger partial charge on any atom is -0.486 e. The number of aromatic nitrogens is 1. The monoisotopic (exact) mass is 332 g/mol. The molecule has 122 valence electrons. The first-order valence-electron chi connectivity index (χ1n) is 7.68. The van der Waals surface area contributed by atoms with Crippen molar-refractivity contribution in [1.82, 2.24) is 10.3 Å². The smallest absolute Gasteiger partial charge is 0.263 e. The van der Waals surface area contributed by atoms with Crippen molar-refractivity contribution in [1.29, 1.82) is 0 Å². The summed E-state index contributed by atoms with van der Waals surface area (Å²) in [6.45, 7) is 6.85. The number of amides is 1. The maximum Gasteiger partial charge on any atom is 0.263 e. The summed E-state index contributed by atoms with van der Waals surface area (Å²) in [4.78, 5) is 17.5. The van der Waals surface area contributed by atoms with E-state index in [0.29, 0.717) is 29.7 Å². The van der Waals surface area contributed by atoms with Crippen molar-refractivity contribution in [3.05, 3.63) is 39.8 Å². The van der Waals surface area contributed by atoms with Gasteiger partial charge in [0.05, 0.1) is 17.2 Å². The Hall–Kier alpha value is -2.08. The Morgan fingerprint density at radius 1 is 1.39 bits per heavy atom. The van der Waals surface area contributed by atoms with Crippen LogP contribution in [0.1, 0.15) is 40.1 Å². The predicted octanol–water partition coefficient (Wildman–Crippen LogP) is 3.14. The Morgan fingerprint density at radius 3 is 2.83 bits per heavy atom.